The Kier molecular flexibility index (Phi) is 4.62. The smallest absolute Gasteiger partial charge is 0.128 e. The molecule has 3 nitrogen and oxygen atoms in total. The highest BCUT2D eigenvalue weighted by atomic mass is 16.5. The van der Waals surface area contributed by atoms with Crippen molar-refractivity contribution in [2.75, 3.05) is 7.11 Å². The van der Waals surface area contributed by atoms with Crippen molar-refractivity contribution in [3.63, 3.8) is 0 Å². The fourth-order valence-corrected chi connectivity index (χ4v) is 3.45. The highest BCUT2D eigenvalue weighted by Gasteiger charge is 2.34. The van der Waals surface area contributed by atoms with Crippen molar-refractivity contribution in [2.45, 2.75) is 71.8 Å². The number of nitrogens with zero attached hydrogens (tertiary/aromatic N) is 1. The van der Waals surface area contributed by atoms with Gasteiger partial charge in [-0.3, -0.25) is 4.98 Å². The van der Waals surface area contributed by atoms with Crippen LogP contribution in [0.1, 0.15) is 62.8 Å². The van der Waals surface area contributed by atoms with Crippen LogP contribution in [0, 0.1) is 19.3 Å². The topological polar surface area (TPSA) is 42.4 Å². The minimum absolute atomic E-state index is 0.345. The second-order valence-electron chi connectivity index (χ2n) is 7.47. The second-order valence-corrected chi connectivity index (χ2v) is 7.47. The number of methoxy groups -OCH3 is 1. The van der Waals surface area contributed by atoms with Crippen molar-refractivity contribution < 1.29 is 9.84 Å². The first kappa shape index (κ1) is 16.3. The third-order valence-electron chi connectivity index (χ3n) is 5.01. The van der Waals surface area contributed by atoms with Crippen molar-refractivity contribution >= 4 is 0 Å². The van der Waals surface area contributed by atoms with E-state index in [-0.39, 0.29) is 0 Å². The molecule has 3 heteroatoms. The van der Waals surface area contributed by atoms with E-state index in [0.717, 1.165) is 48.3 Å². The molecule has 1 N–H and O–H groups in total. The van der Waals surface area contributed by atoms with Crippen LogP contribution in [0.25, 0.3) is 0 Å². The average Bonchev–Trinajstić information content (AvgIpc) is 2.53. The summed E-state index contributed by atoms with van der Waals surface area (Å²) in [6.45, 7) is 8.65. The van der Waals surface area contributed by atoms with E-state index in [2.05, 4.69) is 18.8 Å². The lowest BCUT2D eigenvalue weighted by Crippen LogP contribution is -2.32. The van der Waals surface area contributed by atoms with Gasteiger partial charge < -0.3 is 9.84 Å². The number of aromatic nitrogens is 1. The van der Waals surface area contributed by atoms with Crippen molar-refractivity contribution in [3.05, 3.63) is 23.0 Å². The van der Waals surface area contributed by atoms with Crippen LogP contribution in [0.5, 0.6) is 5.75 Å². The molecule has 118 valence electrons. The van der Waals surface area contributed by atoms with Gasteiger partial charge in [-0.2, -0.15) is 0 Å². The molecule has 0 radical (unpaired) electrons. The van der Waals surface area contributed by atoms with E-state index in [4.69, 9.17) is 4.74 Å². The molecular formula is C18H29NO2. The molecule has 1 aromatic rings. The number of hydrogen-bond acceptors (Lipinski definition) is 3. The molecule has 0 aliphatic heterocycles. The quantitative estimate of drug-likeness (QED) is 0.857. The van der Waals surface area contributed by atoms with E-state index >= 15 is 0 Å². The molecule has 0 spiro atoms. The molecule has 1 saturated carbocycles. The fraction of sp³-hybridized carbons (Fsp3) is 0.722. The van der Waals surface area contributed by atoms with Gasteiger partial charge in [0, 0.05) is 29.4 Å². The zero-order chi connectivity index (χ0) is 15.7. The van der Waals surface area contributed by atoms with Gasteiger partial charge in [-0.1, -0.05) is 20.3 Å². The number of pyridine rings is 1. The third kappa shape index (κ3) is 3.76. The second kappa shape index (κ2) is 5.96. The fourth-order valence-electron chi connectivity index (χ4n) is 3.45. The van der Waals surface area contributed by atoms with Gasteiger partial charge in [0.2, 0.25) is 0 Å². The molecule has 1 unspecified atom stereocenters. The number of hydrogen-bond donors (Lipinski definition) is 1. The molecular weight excluding hydrogens is 262 g/mol. The summed E-state index contributed by atoms with van der Waals surface area (Å²) in [6.07, 6.45) is 7.57. The van der Waals surface area contributed by atoms with Gasteiger partial charge in [-0.25, -0.2) is 0 Å². The van der Waals surface area contributed by atoms with E-state index in [1.807, 2.05) is 20.0 Å². The number of rotatable bonds is 3. The lowest BCUT2D eigenvalue weighted by molar-refractivity contribution is 0.0215. The van der Waals surface area contributed by atoms with Crippen LogP contribution in [-0.2, 0) is 6.42 Å². The van der Waals surface area contributed by atoms with Crippen molar-refractivity contribution in [2.24, 2.45) is 5.41 Å². The Hall–Kier alpha value is -1.09. The minimum Gasteiger partial charge on any atom is -0.496 e. The first-order valence-electron chi connectivity index (χ1n) is 7.98. The highest BCUT2D eigenvalue weighted by molar-refractivity contribution is 5.41. The predicted molar refractivity (Wildman–Crippen MR) is 85.8 cm³/mol. The lowest BCUT2D eigenvalue weighted by atomic mass is 9.83. The Morgan fingerprint density at radius 3 is 2.57 bits per heavy atom. The maximum atomic E-state index is 11.0. The summed E-state index contributed by atoms with van der Waals surface area (Å²) < 4.78 is 5.47. The normalized spacial score (nSPS) is 25.4. The Balaban J connectivity index is 2.21. The van der Waals surface area contributed by atoms with Crippen LogP contribution in [0.15, 0.2) is 6.20 Å². The van der Waals surface area contributed by atoms with E-state index in [9.17, 15) is 5.11 Å². The zero-order valence-corrected chi connectivity index (χ0v) is 14.1. The summed E-state index contributed by atoms with van der Waals surface area (Å²) in [5, 5.41) is 11.0. The standard InChI is InChI=1S/C18H29NO2/c1-13-12-19-15(14(2)16(13)21-5)11-18(20)8-6-7-17(3,4)9-10-18/h12,20H,6-11H2,1-5H3. The van der Waals surface area contributed by atoms with Crippen molar-refractivity contribution in [3.8, 4) is 5.75 Å². The van der Waals surface area contributed by atoms with E-state index in [1.54, 1.807) is 7.11 Å². The van der Waals surface area contributed by atoms with Crippen LogP contribution in [0.2, 0.25) is 0 Å². The molecule has 0 saturated heterocycles. The summed E-state index contributed by atoms with van der Waals surface area (Å²) in [7, 11) is 1.70. The van der Waals surface area contributed by atoms with E-state index in [0.29, 0.717) is 11.8 Å². The summed E-state index contributed by atoms with van der Waals surface area (Å²) in [5.41, 5.74) is 2.81. The molecule has 21 heavy (non-hydrogen) atoms. The molecule has 2 rings (SSSR count). The monoisotopic (exact) mass is 291 g/mol. The summed E-state index contributed by atoms with van der Waals surface area (Å²) >= 11 is 0. The number of aryl methyl sites for hydroxylation is 1. The van der Waals surface area contributed by atoms with Gasteiger partial charge in [0.1, 0.15) is 5.75 Å². The first-order valence-corrected chi connectivity index (χ1v) is 7.98. The maximum Gasteiger partial charge on any atom is 0.128 e. The number of aliphatic hydroxyl groups is 1. The SMILES string of the molecule is COc1c(C)cnc(CC2(O)CCCC(C)(C)CC2)c1C. The minimum atomic E-state index is -0.619. The van der Waals surface area contributed by atoms with Gasteiger partial charge in [0.15, 0.2) is 0 Å². The van der Waals surface area contributed by atoms with E-state index < -0.39 is 5.60 Å². The zero-order valence-electron chi connectivity index (χ0n) is 14.1. The summed E-state index contributed by atoms with van der Waals surface area (Å²) in [5.74, 6) is 0.901. The van der Waals surface area contributed by atoms with Gasteiger partial charge in [-0.05, 0) is 44.9 Å². The van der Waals surface area contributed by atoms with Gasteiger partial charge in [-0.15, -0.1) is 0 Å². The summed E-state index contributed by atoms with van der Waals surface area (Å²) in [6, 6.07) is 0. The van der Waals surface area contributed by atoms with Gasteiger partial charge >= 0.3 is 0 Å². The van der Waals surface area contributed by atoms with Crippen LogP contribution < -0.4 is 4.74 Å². The molecule has 0 aromatic carbocycles. The molecule has 1 heterocycles. The summed E-state index contributed by atoms with van der Waals surface area (Å²) in [4.78, 5) is 4.55. The Morgan fingerprint density at radius 1 is 1.19 bits per heavy atom. The van der Waals surface area contributed by atoms with Crippen molar-refractivity contribution in [1.82, 2.24) is 4.98 Å². The first-order chi connectivity index (χ1) is 9.76. The molecule has 1 aliphatic carbocycles. The molecule has 1 atom stereocenters. The Labute approximate surface area is 128 Å². The van der Waals surface area contributed by atoms with Gasteiger partial charge in [0.05, 0.1) is 12.7 Å². The lowest BCUT2D eigenvalue weighted by Gasteiger charge is -2.28. The molecule has 1 aliphatic rings. The molecule has 0 bridgehead atoms. The van der Waals surface area contributed by atoms with Crippen LogP contribution >= 0.6 is 0 Å². The molecule has 1 fully saturated rings. The predicted octanol–water partition coefficient (Wildman–Crippen LogP) is 3.97. The molecule has 0 amide bonds. The highest BCUT2D eigenvalue weighted by Crippen LogP contribution is 2.40. The van der Waals surface area contributed by atoms with Crippen LogP contribution in [0.3, 0.4) is 0 Å². The number of ether oxygens (including phenoxy) is 1. The Morgan fingerprint density at radius 2 is 1.90 bits per heavy atom. The largest absolute Gasteiger partial charge is 0.496 e. The maximum absolute atomic E-state index is 11.0. The average molecular weight is 291 g/mol. The third-order valence-corrected chi connectivity index (χ3v) is 5.01. The van der Waals surface area contributed by atoms with Crippen LogP contribution in [-0.4, -0.2) is 22.8 Å². The van der Waals surface area contributed by atoms with E-state index in [1.165, 1.54) is 6.42 Å². The molecule has 1 aromatic heterocycles. The Bertz CT molecular complexity index is 510. The van der Waals surface area contributed by atoms with Gasteiger partial charge in [0.25, 0.3) is 0 Å². The van der Waals surface area contributed by atoms with Crippen LogP contribution in [0.4, 0.5) is 0 Å². The van der Waals surface area contributed by atoms with Crippen molar-refractivity contribution in [1.29, 1.82) is 0 Å².